The van der Waals surface area contributed by atoms with Gasteiger partial charge in [0.2, 0.25) is 0 Å². The number of nitrogens with one attached hydrogen (secondary N) is 2. The number of nitrogens with zero attached hydrogens (tertiary/aromatic N) is 2. The van der Waals surface area contributed by atoms with Crippen LogP contribution in [0, 0.1) is 5.92 Å². The van der Waals surface area contributed by atoms with Crippen LogP contribution in [0.5, 0.6) is 0 Å². The van der Waals surface area contributed by atoms with Gasteiger partial charge in [0.1, 0.15) is 0 Å². The summed E-state index contributed by atoms with van der Waals surface area (Å²) in [5.41, 5.74) is 4.50. The summed E-state index contributed by atoms with van der Waals surface area (Å²) in [5, 5.41) is 14.4. The van der Waals surface area contributed by atoms with Gasteiger partial charge in [-0.15, -0.1) is 5.10 Å². The van der Waals surface area contributed by atoms with Gasteiger partial charge in [0.25, 0.3) is 0 Å². The molecule has 1 aromatic heterocycles. The second kappa shape index (κ2) is 11.2. The molecule has 1 fully saturated rings. The molecule has 1 aliphatic heterocycles. The smallest absolute Gasteiger partial charge is 0.182 e. The molecule has 32 heavy (non-hydrogen) atoms. The maximum Gasteiger partial charge on any atom is 0.182 e. The first-order valence-electron chi connectivity index (χ1n) is 11.6. The van der Waals surface area contributed by atoms with E-state index in [1.807, 2.05) is 12.1 Å². The Kier molecular flexibility index (Phi) is 7.80. The lowest BCUT2D eigenvalue weighted by Crippen LogP contribution is -2.28. The highest BCUT2D eigenvalue weighted by Gasteiger charge is 2.15. The molecule has 1 aliphatic carbocycles. The van der Waals surface area contributed by atoms with Crippen molar-refractivity contribution >= 4 is 17.2 Å². The average molecular weight is 433 g/mol. The van der Waals surface area contributed by atoms with Crippen molar-refractivity contribution in [2.75, 3.05) is 25.0 Å². The third kappa shape index (κ3) is 6.34. The first-order valence-corrected chi connectivity index (χ1v) is 11.6. The second-order valence-electron chi connectivity index (χ2n) is 8.61. The Morgan fingerprint density at radius 1 is 1.19 bits per heavy atom. The number of carbonyl (C=O) groups is 1. The molecule has 2 N–H and O–H groups in total. The van der Waals surface area contributed by atoms with Gasteiger partial charge in [0.05, 0.1) is 18.0 Å². The standard InChI is InChI=1S/C26H32N4O2/c1-19(31)26-25(12-16-28-30-26)29-23-6-2-21(3-7-23)18-22-4-8-24(9-5-22)32-17-13-20-10-14-27-15-11-20/h2-8,12,16,20,24,27H,9-11,13-15,17-18H2,1H3,(H,28,29). The van der Waals surface area contributed by atoms with Crippen molar-refractivity contribution < 1.29 is 9.53 Å². The first-order chi connectivity index (χ1) is 15.7. The Hall–Kier alpha value is -2.83. The number of Topliss-reactive ketones (excluding diaryl/α,β-unsaturated/α-hetero) is 1. The molecular formula is C26H32N4O2. The molecule has 2 aliphatic rings. The van der Waals surface area contributed by atoms with Crippen molar-refractivity contribution in [2.24, 2.45) is 5.92 Å². The molecule has 0 radical (unpaired) electrons. The van der Waals surface area contributed by atoms with Crippen LogP contribution in [0.4, 0.5) is 11.4 Å². The maximum absolute atomic E-state index is 11.7. The molecule has 0 amide bonds. The van der Waals surface area contributed by atoms with Crippen LogP contribution in [-0.4, -0.2) is 41.8 Å². The first kappa shape index (κ1) is 22.4. The fourth-order valence-electron chi connectivity index (χ4n) is 4.25. The Morgan fingerprint density at radius 2 is 2.00 bits per heavy atom. The molecule has 6 heteroatoms. The number of hydrogen-bond acceptors (Lipinski definition) is 6. The van der Waals surface area contributed by atoms with E-state index in [1.54, 1.807) is 12.3 Å². The number of carbonyl (C=O) groups excluding carboxylic acids is 1. The minimum atomic E-state index is -0.109. The zero-order valence-electron chi connectivity index (χ0n) is 18.7. The Bertz CT molecular complexity index is 962. The number of allylic oxidation sites excluding steroid dienone is 2. The molecule has 0 bridgehead atoms. The predicted octanol–water partition coefficient (Wildman–Crippen LogP) is 4.63. The molecule has 1 unspecified atom stereocenters. The monoisotopic (exact) mass is 432 g/mol. The second-order valence-corrected chi connectivity index (χ2v) is 8.61. The quantitative estimate of drug-likeness (QED) is 0.563. The summed E-state index contributed by atoms with van der Waals surface area (Å²) in [6.45, 7) is 4.65. The van der Waals surface area contributed by atoms with Crippen LogP contribution in [0.1, 0.15) is 48.7 Å². The summed E-state index contributed by atoms with van der Waals surface area (Å²) in [6, 6.07) is 10.0. The molecule has 2 heterocycles. The van der Waals surface area contributed by atoms with Crippen LogP contribution in [-0.2, 0) is 11.2 Å². The van der Waals surface area contributed by atoms with Crippen LogP contribution in [0.15, 0.2) is 60.3 Å². The summed E-state index contributed by atoms with van der Waals surface area (Å²) < 4.78 is 6.09. The highest BCUT2D eigenvalue weighted by atomic mass is 16.5. The number of ketones is 1. The van der Waals surface area contributed by atoms with Crippen molar-refractivity contribution in [3.05, 3.63) is 71.6 Å². The molecule has 4 rings (SSSR count). The lowest BCUT2D eigenvalue weighted by atomic mass is 9.95. The fraction of sp³-hybridized carbons (Fsp3) is 0.423. The van der Waals surface area contributed by atoms with Crippen molar-refractivity contribution in [1.29, 1.82) is 0 Å². The van der Waals surface area contributed by atoms with Crippen LogP contribution in [0.25, 0.3) is 0 Å². The van der Waals surface area contributed by atoms with Gasteiger partial charge < -0.3 is 15.4 Å². The van der Waals surface area contributed by atoms with Gasteiger partial charge in [0, 0.05) is 19.2 Å². The topological polar surface area (TPSA) is 76.1 Å². The SMILES string of the molecule is CC(=O)c1nnccc1Nc1ccc(CC2=CCC(OCCC3CCNCC3)C=C2)cc1. The molecule has 1 saturated heterocycles. The normalized spacial score (nSPS) is 18.9. The minimum Gasteiger partial charge on any atom is -0.374 e. The van der Waals surface area contributed by atoms with E-state index >= 15 is 0 Å². The number of anilines is 2. The van der Waals surface area contributed by atoms with Crippen LogP contribution >= 0.6 is 0 Å². The molecule has 1 aromatic carbocycles. The lowest BCUT2D eigenvalue weighted by molar-refractivity contribution is 0.0722. The number of benzene rings is 1. The molecular weight excluding hydrogens is 400 g/mol. The van der Waals surface area contributed by atoms with Gasteiger partial charge in [-0.1, -0.05) is 30.4 Å². The van der Waals surface area contributed by atoms with E-state index in [9.17, 15) is 4.79 Å². The van der Waals surface area contributed by atoms with E-state index in [-0.39, 0.29) is 11.9 Å². The Balaban J connectivity index is 1.24. The Labute approximate surface area is 190 Å². The average Bonchev–Trinajstić information content (AvgIpc) is 2.82. The molecule has 0 saturated carbocycles. The fourth-order valence-corrected chi connectivity index (χ4v) is 4.25. The number of hydrogen-bond donors (Lipinski definition) is 2. The molecule has 6 nitrogen and oxygen atoms in total. The number of aromatic nitrogens is 2. The van der Waals surface area contributed by atoms with Crippen molar-refractivity contribution in [3.63, 3.8) is 0 Å². The van der Waals surface area contributed by atoms with E-state index in [0.717, 1.165) is 44.1 Å². The van der Waals surface area contributed by atoms with E-state index in [2.05, 4.69) is 51.2 Å². The number of ether oxygens (including phenoxy) is 1. The maximum atomic E-state index is 11.7. The third-order valence-electron chi connectivity index (χ3n) is 6.15. The van der Waals surface area contributed by atoms with E-state index < -0.39 is 0 Å². The molecule has 0 spiro atoms. The van der Waals surface area contributed by atoms with Gasteiger partial charge >= 0.3 is 0 Å². The molecule has 168 valence electrons. The zero-order chi connectivity index (χ0) is 22.2. The van der Waals surface area contributed by atoms with Crippen molar-refractivity contribution in [1.82, 2.24) is 15.5 Å². The summed E-state index contributed by atoms with van der Waals surface area (Å²) in [5.74, 6) is 0.707. The number of piperidine rings is 1. The zero-order valence-corrected chi connectivity index (χ0v) is 18.7. The van der Waals surface area contributed by atoms with Crippen LogP contribution < -0.4 is 10.6 Å². The third-order valence-corrected chi connectivity index (χ3v) is 6.15. The lowest BCUT2D eigenvalue weighted by Gasteiger charge is -2.23. The highest BCUT2D eigenvalue weighted by molar-refractivity contribution is 5.97. The molecule has 1 atom stereocenters. The van der Waals surface area contributed by atoms with E-state index in [0.29, 0.717) is 11.4 Å². The van der Waals surface area contributed by atoms with Crippen molar-refractivity contribution in [3.8, 4) is 0 Å². The highest BCUT2D eigenvalue weighted by Crippen LogP contribution is 2.23. The van der Waals surface area contributed by atoms with E-state index in [1.165, 1.54) is 37.3 Å². The minimum absolute atomic E-state index is 0.109. The van der Waals surface area contributed by atoms with Gasteiger partial charge in [-0.25, -0.2) is 0 Å². The van der Waals surface area contributed by atoms with Gasteiger partial charge in [0.15, 0.2) is 11.5 Å². The van der Waals surface area contributed by atoms with Gasteiger partial charge in [-0.05, 0) is 80.4 Å². The van der Waals surface area contributed by atoms with Gasteiger partial charge in [-0.3, -0.25) is 4.79 Å². The van der Waals surface area contributed by atoms with Crippen LogP contribution in [0.3, 0.4) is 0 Å². The largest absolute Gasteiger partial charge is 0.374 e. The summed E-state index contributed by atoms with van der Waals surface area (Å²) in [6.07, 6.45) is 14.1. The van der Waals surface area contributed by atoms with Crippen molar-refractivity contribution in [2.45, 2.75) is 45.1 Å². The summed E-state index contributed by atoms with van der Waals surface area (Å²) in [4.78, 5) is 11.7. The van der Waals surface area contributed by atoms with Crippen LogP contribution in [0.2, 0.25) is 0 Å². The van der Waals surface area contributed by atoms with E-state index in [4.69, 9.17) is 4.74 Å². The summed E-state index contributed by atoms with van der Waals surface area (Å²) in [7, 11) is 0. The van der Waals surface area contributed by atoms with Gasteiger partial charge in [-0.2, -0.15) is 5.10 Å². The summed E-state index contributed by atoms with van der Waals surface area (Å²) >= 11 is 0. The molecule has 2 aromatic rings. The predicted molar refractivity (Wildman–Crippen MR) is 127 cm³/mol. The number of rotatable bonds is 9. The Morgan fingerprint density at radius 3 is 2.72 bits per heavy atom.